The molecule has 0 amide bonds. The minimum atomic E-state index is -0.480. The van der Waals surface area contributed by atoms with Crippen molar-refractivity contribution in [3.63, 3.8) is 0 Å². The summed E-state index contributed by atoms with van der Waals surface area (Å²) in [6, 6.07) is 21.5. The van der Waals surface area contributed by atoms with Crippen LogP contribution in [0, 0.1) is 5.82 Å². The molecule has 4 aromatic heterocycles. The molecular weight excluding hydrogens is 870 g/mol. The number of aryl methyl sites for hydroxylation is 4. The monoisotopic (exact) mass is 915 g/mol. The summed E-state index contributed by atoms with van der Waals surface area (Å²) in [4.78, 5) is 18.8. The summed E-state index contributed by atoms with van der Waals surface area (Å²) in [5.74, 6) is 1.46. The van der Waals surface area contributed by atoms with Crippen LogP contribution >= 0.6 is 11.8 Å². The second-order valence-electron chi connectivity index (χ2n) is 14.2. The van der Waals surface area contributed by atoms with Gasteiger partial charge in [0.05, 0.1) is 7.11 Å². The molecule has 0 atom stereocenters. The Balaban J connectivity index is 0.995. The van der Waals surface area contributed by atoms with Gasteiger partial charge in [0.15, 0.2) is 0 Å². The van der Waals surface area contributed by atoms with Crippen molar-refractivity contribution in [2.24, 2.45) is 14.1 Å². The number of carbonyl (C=O) groups is 1. The van der Waals surface area contributed by atoms with Crippen molar-refractivity contribution < 1.29 is 49.7 Å². The van der Waals surface area contributed by atoms with Crippen molar-refractivity contribution in [1.82, 2.24) is 29.1 Å². The van der Waals surface area contributed by atoms with Crippen LogP contribution in [-0.2, 0) is 59.4 Å². The van der Waals surface area contributed by atoms with E-state index in [1.54, 1.807) is 42.7 Å². The summed E-state index contributed by atoms with van der Waals surface area (Å²) in [6.07, 6.45) is 4.50. The average molecular weight is 916 g/mol. The van der Waals surface area contributed by atoms with Gasteiger partial charge >= 0.3 is 311 Å². The first-order chi connectivity index (χ1) is 28.3. The van der Waals surface area contributed by atoms with Gasteiger partial charge in [-0.15, -0.1) is 0 Å². The van der Waals surface area contributed by atoms with Crippen LogP contribution in [0.15, 0.2) is 77.8 Å². The predicted molar refractivity (Wildman–Crippen MR) is 218 cm³/mol. The Morgan fingerprint density at radius 3 is 2.66 bits per heavy atom. The van der Waals surface area contributed by atoms with Crippen LogP contribution in [0.1, 0.15) is 57.2 Å². The first kappa shape index (κ1) is 39.9. The number of aromatic nitrogens is 6. The molecule has 0 saturated heterocycles. The van der Waals surface area contributed by atoms with Crippen LogP contribution in [0.4, 0.5) is 4.39 Å². The zero-order valence-corrected chi connectivity index (χ0v) is 35.9. The topological polar surface area (TPSA) is 118 Å². The van der Waals surface area contributed by atoms with E-state index in [-0.39, 0.29) is 12.4 Å². The van der Waals surface area contributed by atoms with E-state index < -0.39 is 27.2 Å². The quantitative estimate of drug-likeness (QED) is 0.0633. The standard InChI is InChI=1S/C44H45FIN6O5S/c1-50-42-34(33(9-7-19-53)43(50)44(54)56-4)15-16-35(45)39(42)40-36(49-52-18-6-10-37(40)52)24-46-23-29-21-30(51(2)48-29)26-58-32-20-28-8-5-17-47-41(28)38(22-32)57-25-27-11-13-31(55-3)14-12-27/h5,8,11-17,20-22,53H,6-7,9-10,18-19,23-26H2,1-4H3/q-1. The van der Waals surface area contributed by atoms with Gasteiger partial charge in [0.25, 0.3) is 0 Å². The number of aliphatic hydroxyl groups is 1. The Hall–Kier alpha value is -4.93. The number of ether oxygens (including phenoxy) is 3. The van der Waals surface area contributed by atoms with Gasteiger partial charge in [-0.1, -0.05) is 12.1 Å². The third-order valence-electron chi connectivity index (χ3n) is 10.6. The fraction of sp³-hybridized carbons (Fsp3) is 0.318. The number of esters is 1. The first-order valence-corrected chi connectivity index (χ1v) is 23.2. The molecule has 1 aliphatic heterocycles. The fourth-order valence-electron chi connectivity index (χ4n) is 7.84. The molecule has 3 aromatic carbocycles. The first-order valence-electron chi connectivity index (χ1n) is 19.2. The maximum absolute atomic E-state index is 16.2. The molecule has 0 bridgehead atoms. The number of thioether (sulfide) groups is 1. The number of rotatable bonds is 16. The van der Waals surface area contributed by atoms with Crippen molar-refractivity contribution >= 4 is 39.5 Å². The molecule has 0 aliphatic carbocycles. The minimum absolute atomic E-state index is 0.0162. The van der Waals surface area contributed by atoms with E-state index in [0.29, 0.717) is 36.2 Å². The molecular formula is C44H45FIN6O5S-. The molecule has 0 radical (unpaired) electrons. The molecule has 302 valence electrons. The number of methoxy groups -OCH3 is 2. The van der Waals surface area contributed by atoms with Gasteiger partial charge in [-0.3, -0.25) is 0 Å². The molecule has 5 heterocycles. The van der Waals surface area contributed by atoms with E-state index in [9.17, 15) is 9.90 Å². The second kappa shape index (κ2) is 17.5. The molecule has 0 unspecified atom stereocenters. The van der Waals surface area contributed by atoms with Crippen molar-refractivity contribution in [1.29, 1.82) is 0 Å². The number of carbonyl (C=O) groups excluding carboxylic acids is 1. The molecule has 14 heteroatoms. The molecule has 58 heavy (non-hydrogen) atoms. The Labute approximate surface area is 350 Å². The number of hydrogen-bond acceptors (Lipinski definition) is 9. The summed E-state index contributed by atoms with van der Waals surface area (Å²) in [5.41, 5.74) is 9.10. The van der Waals surface area contributed by atoms with E-state index in [1.807, 2.05) is 46.7 Å². The zero-order chi connectivity index (χ0) is 40.3. The third kappa shape index (κ3) is 7.93. The summed E-state index contributed by atoms with van der Waals surface area (Å²) in [5, 5.41) is 21.4. The number of fused-ring (bicyclic) bond motifs is 3. The van der Waals surface area contributed by atoms with E-state index in [2.05, 4.69) is 29.2 Å². The van der Waals surface area contributed by atoms with Crippen molar-refractivity contribution in [3.05, 3.63) is 118 Å². The number of benzene rings is 3. The number of halogens is 2. The van der Waals surface area contributed by atoms with Gasteiger partial charge in [0.1, 0.15) is 5.75 Å². The molecule has 1 aliphatic rings. The molecule has 0 spiro atoms. The maximum atomic E-state index is 16.2. The summed E-state index contributed by atoms with van der Waals surface area (Å²) in [6.45, 7) is 1.20. The summed E-state index contributed by atoms with van der Waals surface area (Å²) >= 11 is 1.30. The van der Waals surface area contributed by atoms with Crippen LogP contribution in [0.2, 0.25) is 0 Å². The van der Waals surface area contributed by atoms with Crippen molar-refractivity contribution in [2.45, 2.75) is 58.3 Å². The summed E-state index contributed by atoms with van der Waals surface area (Å²) in [7, 11) is 6.79. The van der Waals surface area contributed by atoms with Gasteiger partial charge in [-0.25, -0.2) is 0 Å². The Morgan fingerprint density at radius 1 is 1.02 bits per heavy atom. The van der Waals surface area contributed by atoms with Crippen LogP contribution in [0.3, 0.4) is 0 Å². The van der Waals surface area contributed by atoms with E-state index in [4.69, 9.17) is 24.4 Å². The van der Waals surface area contributed by atoms with Gasteiger partial charge < -0.3 is 4.74 Å². The van der Waals surface area contributed by atoms with E-state index in [1.165, 1.54) is 13.2 Å². The number of alkyl halides is 2. The van der Waals surface area contributed by atoms with Crippen LogP contribution in [0.25, 0.3) is 32.9 Å². The Morgan fingerprint density at radius 2 is 1.86 bits per heavy atom. The van der Waals surface area contributed by atoms with Gasteiger partial charge in [0, 0.05) is 0 Å². The van der Waals surface area contributed by atoms with E-state index in [0.717, 1.165) is 106 Å². The van der Waals surface area contributed by atoms with Gasteiger partial charge in [0.2, 0.25) is 0 Å². The predicted octanol–water partition coefficient (Wildman–Crippen LogP) is 4.79. The van der Waals surface area contributed by atoms with Crippen LogP contribution in [-0.4, -0.2) is 61.0 Å². The number of hydrogen-bond donors (Lipinski definition) is 1. The van der Waals surface area contributed by atoms with Crippen molar-refractivity contribution in [2.75, 3.05) is 20.8 Å². The molecule has 0 saturated carbocycles. The SMILES string of the molecule is COC(=O)c1c(CCCO)c2ccc(F)c(-c3c(C[I-]Cc4cc(CSc5cc(OCc6ccc(OC)cc6)c6ncccc6c5)n(C)n4)nn4c3CCC4)c2n1C. The van der Waals surface area contributed by atoms with Gasteiger partial charge in [-0.05, 0) is 12.1 Å². The third-order valence-corrected chi connectivity index (χ3v) is 14.2. The normalized spacial score (nSPS) is 12.5. The fourth-order valence-corrected chi connectivity index (χ4v) is 11.1. The van der Waals surface area contributed by atoms with Gasteiger partial charge in [-0.2, -0.15) is 0 Å². The zero-order valence-electron chi connectivity index (χ0n) is 32.9. The number of pyridine rings is 1. The molecule has 11 nitrogen and oxygen atoms in total. The van der Waals surface area contributed by atoms with E-state index >= 15 is 4.39 Å². The second-order valence-corrected chi connectivity index (χ2v) is 17.9. The number of aliphatic hydroxyl groups excluding tert-OH is 1. The molecule has 7 aromatic rings. The van der Waals surface area contributed by atoms with Crippen LogP contribution in [0.5, 0.6) is 11.5 Å². The van der Waals surface area contributed by atoms with Crippen molar-refractivity contribution in [3.8, 4) is 22.6 Å². The average Bonchev–Trinajstić information content (AvgIpc) is 4.00. The summed E-state index contributed by atoms with van der Waals surface area (Å²) < 4.78 is 40.4. The molecule has 1 N–H and O–H groups in total. The molecule has 0 fully saturated rings. The molecule has 8 rings (SSSR count). The Bertz CT molecular complexity index is 2620. The Kier molecular flexibility index (Phi) is 12.0. The number of nitrogens with zero attached hydrogens (tertiary/aromatic N) is 6. The van der Waals surface area contributed by atoms with Crippen LogP contribution < -0.4 is 30.7 Å².